The number of sulfonamides is 1. The summed E-state index contributed by atoms with van der Waals surface area (Å²) >= 11 is 4.68. The molecule has 0 atom stereocenters. The van der Waals surface area contributed by atoms with E-state index in [1.165, 1.54) is 21.7 Å². The first-order chi connectivity index (χ1) is 13.8. The van der Waals surface area contributed by atoms with Gasteiger partial charge in [-0.15, -0.1) is 0 Å². The zero-order valence-corrected chi connectivity index (χ0v) is 18.7. The number of aromatic nitrogens is 1. The Hall–Kier alpha value is -1.85. The lowest BCUT2D eigenvalue weighted by Gasteiger charge is -2.26. The van der Waals surface area contributed by atoms with Crippen molar-refractivity contribution in [3.63, 3.8) is 0 Å². The van der Waals surface area contributed by atoms with Crippen molar-refractivity contribution in [3.8, 4) is 0 Å². The third kappa shape index (κ3) is 4.22. The second kappa shape index (κ2) is 8.11. The predicted molar refractivity (Wildman–Crippen MR) is 116 cm³/mol. The van der Waals surface area contributed by atoms with Gasteiger partial charge >= 0.3 is 0 Å². The van der Waals surface area contributed by atoms with Crippen LogP contribution < -0.4 is 5.32 Å². The number of carbonyl (C=O) groups excluding carboxylic acids is 1. The molecule has 0 bridgehead atoms. The first-order valence-corrected chi connectivity index (χ1v) is 12.0. The number of carbonyl (C=O) groups is 1. The monoisotopic (exact) mass is 495 g/mol. The van der Waals surface area contributed by atoms with Crippen LogP contribution in [0.4, 0.5) is 5.13 Å². The van der Waals surface area contributed by atoms with Crippen molar-refractivity contribution in [2.24, 2.45) is 0 Å². The Bertz CT molecular complexity index is 1190. The summed E-state index contributed by atoms with van der Waals surface area (Å²) in [5.74, 6) is -0.410. The smallest absolute Gasteiger partial charge is 0.257 e. The molecule has 2 aromatic carbocycles. The summed E-state index contributed by atoms with van der Waals surface area (Å²) in [5, 5.41) is 3.24. The minimum absolute atomic E-state index is 0.0620. The van der Waals surface area contributed by atoms with Crippen molar-refractivity contribution in [2.75, 3.05) is 31.6 Å². The molecule has 0 aliphatic carbocycles. The molecule has 4 rings (SSSR count). The molecule has 1 aromatic heterocycles. The van der Waals surface area contributed by atoms with Crippen molar-refractivity contribution in [1.29, 1.82) is 0 Å². The molecule has 0 spiro atoms. The number of morpholine rings is 1. The van der Waals surface area contributed by atoms with Crippen molar-refractivity contribution in [2.45, 2.75) is 11.8 Å². The van der Waals surface area contributed by atoms with Gasteiger partial charge in [-0.3, -0.25) is 10.1 Å². The average Bonchev–Trinajstić information content (AvgIpc) is 3.10. The summed E-state index contributed by atoms with van der Waals surface area (Å²) in [4.78, 5) is 17.2. The molecule has 1 aliphatic heterocycles. The van der Waals surface area contributed by atoms with E-state index in [4.69, 9.17) is 4.74 Å². The van der Waals surface area contributed by atoms with Crippen LogP contribution in [0.2, 0.25) is 0 Å². The molecule has 0 saturated carbocycles. The van der Waals surface area contributed by atoms with Gasteiger partial charge in [0.15, 0.2) is 5.13 Å². The SMILES string of the molecule is Cc1ccc2nc(NC(=O)c3ccc(Br)c(S(=O)(=O)N4CCOCC4)c3)sc2c1. The lowest BCUT2D eigenvalue weighted by Crippen LogP contribution is -2.40. The quantitative estimate of drug-likeness (QED) is 0.596. The maximum absolute atomic E-state index is 13.0. The normalized spacial score (nSPS) is 15.5. The van der Waals surface area contributed by atoms with Gasteiger partial charge in [-0.2, -0.15) is 4.31 Å². The molecule has 7 nitrogen and oxygen atoms in total. The Kier molecular flexibility index (Phi) is 5.71. The third-order valence-corrected chi connectivity index (χ3v) is 8.37. The maximum atomic E-state index is 13.0. The summed E-state index contributed by atoms with van der Waals surface area (Å²) in [6.45, 7) is 3.28. The number of hydrogen-bond acceptors (Lipinski definition) is 6. The summed E-state index contributed by atoms with van der Waals surface area (Å²) < 4.78 is 34.0. The number of aryl methyl sites for hydroxylation is 1. The molecule has 1 amide bonds. The second-order valence-corrected chi connectivity index (χ2v) is 10.4. The number of rotatable bonds is 4. The number of halogens is 1. The van der Waals surface area contributed by atoms with Gasteiger partial charge in [-0.05, 0) is 58.7 Å². The molecule has 29 heavy (non-hydrogen) atoms. The molecule has 1 fully saturated rings. The maximum Gasteiger partial charge on any atom is 0.257 e. The Morgan fingerprint density at radius 1 is 1.21 bits per heavy atom. The zero-order chi connectivity index (χ0) is 20.6. The lowest BCUT2D eigenvalue weighted by molar-refractivity contribution is 0.0730. The van der Waals surface area contributed by atoms with Crippen LogP contribution in [-0.2, 0) is 14.8 Å². The summed E-state index contributed by atoms with van der Waals surface area (Å²) in [7, 11) is -3.73. The van der Waals surface area contributed by atoms with E-state index in [2.05, 4.69) is 26.2 Å². The standard InChI is InChI=1S/C19H18BrN3O4S2/c1-12-2-5-15-16(10-12)28-19(21-15)22-18(24)13-3-4-14(20)17(11-13)29(25,26)23-6-8-27-9-7-23/h2-5,10-11H,6-9H2,1H3,(H,21,22,24). The number of nitrogens with zero attached hydrogens (tertiary/aromatic N) is 2. The molecule has 2 heterocycles. The summed E-state index contributed by atoms with van der Waals surface area (Å²) in [5.41, 5.74) is 2.17. The summed E-state index contributed by atoms with van der Waals surface area (Å²) in [6.07, 6.45) is 0. The highest BCUT2D eigenvalue weighted by Crippen LogP contribution is 2.29. The van der Waals surface area contributed by atoms with E-state index in [0.717, 1.165) is 15.8 Å². The Morgan fingerprint density at radius 2 is 1.97 bits per heavy atom. The highest BCUT2D eigenvalue weighted by molar-refractivity contribution is 9.10. The van der Waals surface area contributed by atoms with Crippen molar-refractivity contribution < 1.29 is 17.9 Å². The Balaban J connectivity index is 1.61. The van der Waals surface area contributed by atoms with E-state index in [0.29, 0.717) is 22.8 Å². The lowest BCUT2D eigenvalue weighted by atomic mass is 10.2. The molecular weight excluding hydrogens is 478 g/mol. The number of amides is 1. The topological polar surface area (TPSA) is 88.6 Å². The van der Waals surface area contributed by atoms with E-state index in [1.807, 2.05) is 25.1 Å². The Labute approximate surface area is 180 Å². The minimum Gasteiger partial charge on any atom is -0.379 e. The van der Waals surface area contributed by atoms with E-state index in [-0.39, 0.29) is 23.5 Å². The van der Waals surface area contributed by atoms with Gasteiger partial charge in [0.2, 0.25) is 10.0 Å². The van der Waals surface area contributed by atoms with Crippen molar-refractivity contribution in [3.05, 3.63) is 52.0 Å². The number of anilines is 1. The van der Waals surface area contributed by atoms with Gasteiger partial charge in [0.25, 0.3) is 5.91 Å². The second-order valence-electron chi connectivity index (χ2n) is 6.61. The fraction of sp³-hybridized carbons (Fsp3) is 0.263. The van der Waals surface area contributed by atoms with Crippen LogP contribution in [0.25, 0.3) is 10.2 Å². The number of thiazole rings is 1. The fourth-order valence-electron chi connectivity index (χ4n) is 3.02. The number of ether oxygens (including phenoxy) is 1. The van der Waals surface area contributed by atoms with Crippen LogP contribution >= 0.6 is 27.3 Å². The molecule has 1 saturated heterocycles. The molecule has 1 aliphatic rings. The van der Waals surface area contributed by atoms with Crippen LogP contribution in [0, 0.1) is 6.92 Å². The van der Waals surface area contributed by atoms with E-state index in [1.54, 1.807) is 12.1 Å². The molecule has 1 N–H and O–H groups in total. The van der Waals surface area contributed by atoms with Gasteiger partial charge in [0.05, 0.1) is 28.3 Å². The average molecular weight is 496 g/mol. The Morgan fingerprint density at radius 3 is 2.72 bits per heavy atom. The highest BCUT2D eigenvalue weighted by Gasteiger charge is 2.29. The number of nitrogens with one attached hydrogen (secondary N) is 1. The predicted octanol–water partition coefficient (Wildman–Crippen LogP) is 3.64. The zero-order valence-electron chi connectivity index (χ0n) is 15.5. The van der Waals surface area contributed by atoms with Crippen LogP contribution in [0.5, 0.6) is 0 Å². The van der Waals surface area contributed by atoms with Gasteiger partial charge in [-0.1, -0.05) is 17.4 Å². The third-order valence-electron chi connectivity index (χ3n) is 4.55. The van der Waals surface area contributed by atoms with Crippen molar-refractivity contribution in [1.82, 2.24) is 9.29 Å². The molecular formula is C19H18BrN3O4S2. The molecule has 3 aromatic rings. The largest absolute Gasteiger partial charge is 0.379 e. The number of benzene rings is 2. The number of fused-ring (bicyclic) bond motifs is 1. The van der Waals surface area contributed by atoms with Gasteiger partial charge in [0.1, 0.15) is 0 Å². The van der Waals surface area contributed by atoms with E-state index >= 15 is 0 Å². The fourth-order valence-corrected chi connectivity index (χ4v) is 6.34. The number of hydrogen-bond donors (Lipinski definition) is 1. The highest BCUT2D eigenvalue weighted by atomic mass is 79.9. The molecule has 152 valence electrons. The van der Waals surface area contributed by atoms with Gasteiger partial charge in [-0.25, -0.2) is 13.4 Å². The van der Waals surface area contributed by atoms with Crippen LogP contribution in [0.3, 0.4) is 0 Å². The van der Waals surface area contributed by atoms with Gasteiger partial charge < -0.3 is 4.74 Å². The van der Waals surface area contributed by atoms with E-state index in [9.17, 15) is 13.2 Å². The first kappa shape index (κ1) is 20.4. The molecule has 10 heteroatoms. The van der Waals surface area contributed by atoms with Crippen molar-refractivity contribution >= 4 is 58.5 Å². The van der Waals surface area contributed by atoms with Crippen LogP contribution in [-0.4, -0.2) is 49.9 Å². The first-order valence-electron chi connectivity index (χ1n) is 8.90. The van der Waals surface area contributed by atoms with Gasteiger partial charge in [0, 0.05) is 23.1 Å². The molecule has 0 unspecified atom stereocenters. The van der Waals surface area contributed by atoms with Crippen LogP contribution in [0.1, 0.15) is 15.9 Å². The minimum atomic E-state index is -3.73. The molecule has 0 radical (unpaired) electrons. The summed E-state index contributed by atoms with van der Waals surface area (Å²) in [6, 6.07) is 10.4. The van der Waals surface area contributed by atoms with Crippen LogP contribution in [0.15, 0.2) is 45.8 Å². The van der Waals surface area contributed by atoms with E-state index < -0.39 is 15.9 Å².